The average molecular weight is 413 g/mol. The minimum Gasteiger partial charge on any atom is -0.461 e. The molecule has 0 atom stereocenters. The Labute approximate surface area is 173 Å². The molecule has 0 N–H and O–H groups in total. The topological polar surface area (TPSA) is 73.6 Å². The van der Waals surface area contributed by atoms with Crippen LogP contribution >= 0.6 is 11.3 Å². The smallest absolute Gasteiger partial charge is 0.336 e. The van der Waals surface area contributed by atoms with Gasteiger partial charge in [0.2, 0.25) is 0 Å². The molecule has 3 rings (SSSR count). The van der Waals surface area contributed by atoms with Crippen molar-refractivity contribution in [2.45, 2.75) is 53.1 Å². The van der Waals surface area contributed by atoms with Crippen molar-refractivity contribution < 1.29 is 18.7 Å². The van der Waals surface area contributed by atoms with Crippen LogP contribution < -0.4 is 5.63 Å². The van der Waals surface area contributed by atoms with Gasteiger partial charge in [0.1, 0.15) is 12.2 Å². The van der Waals surface area contributed by atoms with Gasteiger partial charge in [0.25, 0.3) is 0 Å². The first-order valence-corrected chi connectivity index (χ1v) is 10.4. The van der Waals surface area contributed by atoms with Gasteiger partial charge in [0.05, 0.1) is 11.3 Å². The molecule has 152 valence electrons. The van der Waals surface area contributed by atoms with Crippen LogP contribution in [0.3, 0.4) is 0 Å². The van der Waals surface area contributed by atoms with E-state index in [1.807, 2.05) is 32.0 Å². The molecule has 0 fully saturated rings. The van der Waals surface area contributed by atoms with E-state index in [1.165, 1.54) is 17.4 Å². The summed E-state index contributed by atoms with van der Waals surface area (Å²) in [5.41, 5.74) is 2.80. The zero-order valence-corrected chi connectivity index (χ0v) is 17.9. The number of hydrogen-bond donors (Lipinski definition) is 0. The molecule has 0 aliphatic heterocycles. The van der Waals surface area contributed by atoms with E-state index >= 15 is 0 Å². The van der Waals surface area contributed by atoms with Crippen LogP contribution in [0.15, 0.2) is 39.5 Å². The third-order valence-electron chi connectivity index (χ3n) is 4.80. The van der Waals surface area contributed by atoms with Gasteiger partial charge in [-0.2, -0.15) is 0 Å². The molecule has 0 unspecified atom stereocenters. The van der Waals surface area contributed by atoms with Crippen molar-refractivity contribution in [1.29, 1.82) is 0 Å². The molecule has 2 heterocycles. The molecule has 0 aliphatic carbocycles. The number of rotatable bonds is 7. The Kier molecular flexibility index (Phi) is 6.33. The quantitative estimate of drug-likeness (QED) is 0.299. The normalized spacial score (nSPS) is 11.2. The molecule has 0 spiro atoms. The van der Waals surface area contributed by atoms with Crippen LogP contribution in [-0.2, 0) is 16.1 Å². The molecule has 0 radical (unpaired) electrons. The first-order chi connectivity index (χ1) is 13.7. The van der Waals surface area contributed by atoms with E-state index in [0.29, 0.717) is 21.9 Å². The van der Waals surface area contributed by atoms with Crippen LogP contribution in [0.25, 0.3) is 11.0 Å². The summed E-state index contributed by atoms with van der Waals surface area (Å²) in [6, 6.07) is 8.85. The van der Waals surface area contributed by atoms with Gasteiger partial charge < -0.3 is 9.15 Å². The molecule has 0 saturated carbocycles. The van der Waals surface area contributed by atoms with Crippen molar-refractivity contribution in [2.24, 2.45) is 0 Å². The van der Waals surface area contributed by atoms with Crippen LogP contribution in [0.2, 0.25) is 0 Å². The number of ether oxygens (including phenoxy) is 1. The Balaban J connectivity index is 1.71. The Morgan fingerprint density at radius 3 is 2.52 bits per heavy atom. The molecule has 0 aliphatic rings. The highest BCUT2D eigenvalue weighted by atomic mass is 32.1. The maximum absolute atomic E-state index is 12.1. The highest BCUT2D eigenvalue weighted by Gasteiger charge is 2.15. The van der Waals surface area contributed by atoms with Crippen molar-refractivity contribution >= 4 is 34.1 Å². The molecule has 5 nitrogen and oxygen atoms in total. The highest BCUT2D eigenvalue weighted by molar-refractivity contribution is 7.14. The predicted molar refractivity (Wildman–Crippen MR) is 114 cm³/mol. The van der Waals surface area contributed by atoms with E-state index in [2.05, 4.69) is 13.8 Å². The van der Waals surface area contributed by atoms with Crippen molar-refractivity contribution in [3.8, 4) is 0 Å². The summed E-state index contributed by atoms with van der Waals surface area (Å²) in [7, 11) is 0. The molecule has 0 amide bonds. The van der Waals surface area contributed by atoms with Gasteiger partial charge in [-0.15, -0.1) is 11.3 Å². The summed E-state index contributed by atoms with van der Waals surface area (Å²) < 4.78 is 10.7. The second-order valence-electron chi connectivity index (χ2n) is 7.44. The summed E-state index contributed by atoms with van der Waals surface area (Å²) in [4.78, 5) is 37.9. The lowest BCUT2D eigenvalue weighted by atomic mass is 9.95. The summed E-state index contributed by atoms with van der Waals surface area (Å²) in [6.07, 6.45) is 0.110. The number of hydrogen-bond acceptors (Lipinski definition) is 6. The summed E-state index contributed by atoms with van der Waals surface area (Å²) in [5, 5.41) is 0.761. The Morgan fingerprint density at radius 1 is 1.10 bits per heavy atom. The van der Waals surface area contributed by atoms with E-state index in [0.717, 1.165) is 21.4 Å². The van der Waals surface area contributed by atoms with E-state index in [4.69, 9.17) is 9.15 Å². The highest BCUT2D eigenvalue weighted by Crippen LogP contribution is 2.27. The van der Waals surface area contributed by atoms with Gasteiger partial charge >= 0.3 is 11.6 Å². The first kappa shape index (κ1) is 21.0. The minimum absolute atomic E-state index is 0.00546. The third kappa shape index (κ3) is 5.01. The summed E-state index contributed by atoms with van der Waals surface area (Å²) in [5.74, 6) is -0.222. The van der Waals surface area contributed by atoms with E-state index < -0.39 is 11.6 Å². The zero-order valence-electron chi connectivity index (χ0n) is 17.0. The molecule has 3 aromatic rings. The van der Waals surface area contributed by atoms with Gasteiger partial charge in [-0.25, -0.2) is 4.79 Å². The van der Waals surface area contributed by atoms with Crippen LogP contribution in [0, 0.1) is 13.8 Å². The number of Topliss-reactive ketones (excluding diaryl/α,β-unsaturated/α-hetero) is 1. The summed E-state index contributed by atoms with van der Waals surface area (Å²) >= 11 is 1.42. The number of fused-ring (bicyclic) bond motifs is 1. The minimum atomic E-state index is -0.483. The van der Waals surface area contributed by atoms with Gasteiger partial charge in [0.15, 0.2) is 5.78 Å². The molecule has 2 aromatic heterocycles. The van der Waals surface area contributed by atoms with Crippen LogP contribution in [-0.4, -0.2) is 11.8 Å². The number of aryl methyl sites for hydroxylation is 2. The molecule has 0 saturated heterocycles. The monoisotopic (exact) mass is 412 g/mol. The summed E-state index contributed by atoms with van der Waals surface area (Å²) in [6.45, 7) is 8.07. The van der Waals surface area contributed by atoms with E-state index in [-0.39, 0.29) is 25.2 Å². The van der Waals surface area contributed by atoms with Gasteiger partial charge in [-0.05, 0) is 55.2 Å². The van der Waals surface area contributed by atoms with Gasteiger partial charge in [0, 0.05) is 28.3 Å². The number of benzene rings is 1. The maximum atomic E-state index is 12.1. The lowest BCUT2D eigenvalue weighted by molar-refractivity contribution is -0.144. The molecular formula is C23H24O5S. The van der Waals surface area contributed by atoms with E-state index in [9.17, 15) is 14.4 Å². The first-order valence-electron chi connectivity index (χ1n) is 9.57. The van der Waals surface area contributed by atoms with Crippen molar-refractivity contribution in [3.63, 3.8) is 0 Å². The van der Waals surface area contributed by atoms with Crippen LogP contribution in [0.4, 0.5) is 0 Å². The maximum Gasteiger partial charge on any atom is 0.336 e. The fraction of sp³-hybridized carbons (Fsp3) is 0.348. The van der Waals surface area contributed by atoms with Crippen molar-refractivity contribution in [1.82, 2.24) is 0 Å². The van der Waals surface area contributed by atoms with Gasteiger partial charge in [-0.3, -0.25) is 9.59 Å². The molecular weight excluding hydrogens is 388 g/mol. The Hall–Kier alpha value is -2.73. The lowest BCUT2D eigenvalue weighted by Gasteiger charge is -2.13. The van der Waals surface area contributed by atoms with Crippen molar-refractivity contribution in [3.05, 3.63) is 67.2 Å². The number of carbonyl (C=O) groups excluding carboxylic acids is 2. The third-order valence-corrected chi connectivity index (χ3v) is 5.84. The van der Waals surface area contributed by atoms with Crippen LogP contribution in [0.1, 0.15) is 63.8 Å². The molecule has 6 heteroatoms. The number of esters is 1. The standard InChI is InChI=1S/C23H24O5S/c1-13(2)17-11-18-16(10-23(26)28-20(18)9-14(17)3)12-27-22(25)8-6-19(24)21-7-5-15(4)29-21/h5,7,9-11,13H,6,8,12H2,1-4H3. The molecule has 0 bridgehead atoms. The molecule has 29 heavy (non-hydrogen) atoms. The predicted octanol–water partition coefficient (Wildman–Crippen LogP) is 5.30. The second-order valence-corrected chi connectivity index (χ2v) is 8.73. The number of thiophene rings is 1. The van der Waals surface area contributed by atoms with Crippen LogP contribution in [0.5, 0.6) is 0 Å². The fourth-order valence-electron chi connectivity index (χ4n) is 3.29. The Bertz CT molecular complexity index is 1120. The van der Waals surface area contributed by atoms with E-state index in [1.54, 1.807) is 6.07 Å². The zero-order chi connectivity index (χ0) is 21.1. The molecule has 1 aromatic carbocycles. The number of ketones is 1. The lowest BCUT2D eigenvalue weighted by Crippen LogP contribution is -2.09. The van der Waals surface area contributed by atoms with Crippen molar-refractivity contribution in [2.75, 3.05) is 0 Å². The largest absolute Gasteiger partial charge is 0.461 e. The SMILES string of the molecule is Cc1ccc(C(=O)CCC(=O)OCc2cc(=O)oc3cc(C)c(C(C)C)cc23)s1. The fourth-order valence-corrected chi connectivity index (χ4v) is 4.12. The van der Waals surface area contributed by atoms with Gasteiger partial charge in [-0.1, -0.05) is 13.8 Å². The average Bonchev–Trinajstić information content (AvgIpc) is 3.09. The Morgan fingerprint density at radius 2 is 1.86 bits per heavy atom. The number of carbonyl (C=O) groups is 2. The second kappa shape index (κ2) is 8.74.